The number of hydrogen-bond donors (Lipinski definition) is 1. The Labute approximate surface area is 78.0 Å². The molecule has 1 aromatic carbocycles. The van der Waals surface area contributed by atoms with Crippen molar-refractivity contribution >= 4 is 0 Å². The molecule has 1 aromatic rings. The van der Waals surface area contributed by atoms with Gasteiger partial charge in [-0.2, -0.15) is 0 Å². The highest BCUT2D eigenvalue weighted by molar-refractivity contribution is 5.26. The van der Waals surface area contributed by atoms with Crippen LogP contribution in [-0.4, -0.2) is 6.54 Å². The first-order chi connectivity index (χ1) is 6.40. The predicted molar refractivity (Wildman–Crippen MR) is 51.2 cm³/mol. The lowest BCUT2D eigenvalue weighted by molar-refractivity contribution is 0.484. The number of alkyl halides is 1. The molecule has 1 unspecified atom stereocenters. The van der Waals surface area contributed by atoms with Crippen LogP contribution >= 0.6 is 0 Å². The standard InChI is InChI=1S/C11H14FN/c12-8-9-3-1-4-10(7-9)11-5-2-6-13-11/h1,3-4,7,11,13H,2,5-6,8H2. The summed E-state index contributed by atoms with van der Waals surface area (Å²) in [5.74, 6) is 0. The second kappa shape index (κ2) is 3.88. The smallest absolute Gasteiger partial charge is 0.115 e. The van der Waals surface area contributed by atoms with Gasteiger partial charge in [-0.25, -0.2) is 4.39 Å². The van der Waals surface area contributed by atoms with Gasteiger partial charge in [0.2, 0.25) is 0 Å². The van der Waals surface area contributed by atoms with Crippen molar-refractivity contribution in [2.24, 2.45) is 0 Å². The highest BCUT2D eigenvalue weighted by atomic mass is 19.1. The summed E-state index contributed by atoms with van der Waals surface area (Å²) >= 11 is 0. The zero-order chi connectivity index (χ0) is 9.10. The first kappa shape index (κ1) is 8.70. The molecule has 1 aliphatic rings. The van der Waals surface area contributed by atoms with Crippen molar-refractivity contribution in [1.29, 1.82) is 0 Å². The SMILES string of the molecule is FCc1cccc(C2CCCN2)c1. The Balaban J connectivity index is 2.18. The van der Waals surface area contributed by atoms with E-state index in [9.17, 15) is 4.39 Å². The first-order valence-corrected chi connectivity index (χ1v) is 4.78. The highest BCUT2D eigenvalue weighted by Gasteiger charge is 2.15. The van der Waals surface area contributed by atoms with Crippen molar-refractivity contribution in [1.82, 2.24) is 5.32 Å². The van der Waals surface area contributed by atoms with E-state index < -0.39 is 0 Å². The lowest BCUT2D eigenvalue weighted by Gasteiger charge is -2.10. The number of hydrogen-bond acceptors (Lipinski definition) is 1. The summed E-state index contributed by atoms with van der Waals surface area (Å²) in [6.45, 7) is 0.727. The van der Waals surface area contributed by atoms with Crippen LogP contribution in [0.4, 0.5) is 4.39 Å². The number of benzene rings is 1. The Morgan fingerprint density at radius 1 is 1.46 bits per heavy atom. The Kier molecular flexibility index (Phi) is 2.60. The van der Waals surface area contributed by atoms with Gasteiger partial charge in [-0.1, -0.05) is 24.3 Å². The van der Waals surface area contributed by atoms with Gasteiger partial charge in [0.05, 0.1) is 0 Å². The van der Waals surface area contributed by atoms with Crippen molar-refractivity contribution < 1.29 is 4.39 Å². The molecule has 1 aliphatic heterocycles. The molecule has 2 rings (SSSR count). The van der Waals surface area contributed by atoms with Crippen LogP contribution in [0.15, 0.2) is 24.3 Å². The van der Waals surface area contributed by atoms with E-state index >= 15 is 0 Å². The summed E-state index contributed by atoms with van der Waals surface area (Å²) < 4.78 is 12.4. The molecule has 70 valence electrons. The van der Waals surface area contributed by atoms with Crippen LogP contribution in [0.2, 0.25) is 0 Å². The molecule has 1 nitrogen and oxygen atoms in total. The molecule has 1 fully saturated rings. The van der Waals surface area contributed by atoms with Gasteiger partial charge in [0.1, 0.15) is 6.67 Å². The summed E-state index contributed by atoms with van der Waals surface area (Å²) in [7, 11) is 0. The van der Waals surface area contributed by atoms with Crippen molar-refractivity contribution in [3.63, 3.8) is 0 Å². The molecular weight excluding hydrogens is 165 g/mol. The van der Waals surface area contributed by atoms with Gasteiger partial charge >= 0.3 is 0 Å². The van der Waals surface area contributed by atoms with Gasteiger partial charge in [0.25, 0.3) is 0 Å². The highest BCUT2D eigenvalue weighted by Crippen LogP contribution is 2.23. The van der Waals surface area contributed by atoms with Crippen molar-refractivity contribution in [2.45, 2.75) is 25.6 Å². The van der Waals surface area contributed by atoms with Crippen LogP contribution in [0.3, 0.4) is 0 Å². The topological polar surface area (TPSA) is 12.0 Å². The third kappa shape index (κ3) is 1.89. The molecule has 0 amide bonds. The molecule has 1 heterocycles. The lowest BCUT2D eigenvalue weighted by atomic mass is 10.0. The molecule has 0 radical (unpaired) electrons. The fraction of sp³-hybridized carbons (Fsp3) is 0.455. The summed E-state index contributed by atoms with van der Waals surface area (Å²) in [6, 6.07) is 8.25. The second-order valence-corrected chi connectivity index (χ2v) is 3.53. The Morgan fingerprint density at radius 2 is 2.38 bits per heavy atom. The lowest BCUT2D eigenvalue weighted by Crippen LogP contribution is -2.12. The largest absolute Gasteiger partial charge is 0.310 e. The minimum atomic E-state index is -0.361. The molecule has 0 aliphatic carbocycles. The van der Waals surface area contributed by atoms with Crippen LogP contribution in [-0.2, 0) is 6.67 Å². The Morgan fingerprint density at radius 3 is 3.08 bits per heavy atom. The average molecular weight is 179 g/mol. The zero-order valence-corrected chi connectivity index (χ0v) is 7.59. The van der Waals surface area contributed by atoms with Gasteiger partial charge in [0.15, 0.2) is 0 Å². The minimum Gasteiger partial charge on any atom is -0.310 e. The first-order valence-electron chi connectivity index (χ1n) is 4.78. The fourth-order valence-electron chi connectivity index (χ4n) is 1.86. The number of halogens is 1. The summed E-state index contributed by atoms with van der Waals surface area (Å²) in [6.07, 6.45) is 2.40. The van der Waals surface area contributed by atoms with Crippen LogP contribution in [0.1, 0.15) is 30.0 Å². The van der Waals surface area contributed by atoms with Gasteiger partial charge in [-0.05, 0) is 30.5 Å². The van der Waals surface area contributed by atoms with Crippen LogP contribution in [0, 0.1) is 0 Å². The molecule has 0 saturated carbocycles. The Bertz CT molecular complexity index is 279. The minimum absolute atomic E-state index is 0.361. The van der Waals surface area contributed by atoms with Gasteiger partial charge in [0, 0.05) is 6.04 Å². The molecule has 0 bridgehead atoms. The molecule has 2 heteroatoms. The van der Waals surface area contributed by atoms with E-state index in [4.69, 9.17) is 0 Å². The second-order valence-electron chi connectivity index (χ2n) is 3.53. The monoisotopic (exact) mass is 179 g/mol. The molecule has 1 saturated heterocycles. The van der Waals surface area contributed by atoms with E-state index in [-0.39, 0.29) is 6.67 Å². The maximum Gasteiger partial charge on any atom is 0.115 e. The predicted octanol–water partition coefficient (Wildman–Crippen LogP) is 2.58. The summed E-state index contributed by atoms with van der Waals surface area (Å²) in [5, 5.41) is 3.40. The van der Waals surface area contributed by atoms with Crippen molar-refractivity contribution in [3.8, 4) is 0 Å². The van der Waals surface area contributed by atoms with Crippen molar-refractivity contribution in [3.05, 3.63) is 35.4 Å². The normalized spacial score (nSPS) is 22.1. The van der Waals surface area contributed by atoms with Gasteiger partial charge in [-0.3, -0.25) is 0 Å². The average Bonchev–Trinajstić information content (AvgIpc) is 2.71. The summed E-state index contributed by atoms with van der Waals surface area (Å²) in [4.78, 5) is 0. The molecular formula is C11H14FN. The van der Waals surface area contributed by atoms with E-state index in [1.165, 1.54) is 18.4 Å². The van der Waals surface area contributed by atoms with E-state index in [2.05, 4.69) is 11.4 Å². The third-order valence-electron chi connectivity index (χ3n) is 2.57. The van der Waals surface area contributed by atoms with E-state index in [0.29, 0.717) is 6.04 Å². The quantitative estimate of drug-likeness (QED) is 0.735. The maximum atomic E-state index is 12.4. The molecule has 0 spiro atoms. The fourth-order valence-corrected chi connectivity index (χ4v) is 1.86. The Hall–Kier alpha value is -0.890. The van der Waals surface area contributed by atoms with E-state index in [1.54, 1.807) is 0 Å². The third-order valence-corrected chi connectivity index (χ3v) is 2.57. The zero-order valence-electron chi connectivity index (χ0n) is 7.59. The molecule has 1 atom stereocenters. The molecule has 1 N–H and O–H groups in total. The maximum absolute atomic E-state index is 12.4. The summed E-state index contributed by atoms with van der Waals surface area (Å²) in [5.41, 5.74) is 2.01. The van der Waals surface area contributed by atoms with Crippen molar-refractivity contribution in [2.75, 3.05) is 6.54 Å². The van der Waals surface area contributed by atoms with E-state index in [1.807, 2.05) is 18.2 Å². The number of rotatable bonds is 2. The van der Waals surface area contributed by atoms with Gasteiger partial charge in [-0.15, -0.1) is 0 Å². The van der Waals surface area contributed by atoms with Crippen LogP contribution in [0.25, 0.3) is 0 Å². The molecule has 13 heavy (non-hydrogen) atoms. The van der Waals surface area contributed by atoms with E-state index in [0.717, 1.165) is 12.1 Å². The van der Waals surface area contributed by atoms with Crippen LogP contribution in [0.5, 0.6) is 0 Å². The molecule has 0 aromatic heterocycles. The van der Waals surface area contributed by atoms with Gasteiger partial charge < -0.3 is 5.32 Å². The number of nitrogens with one attached hydrogen (secondary N) is 1. The van der Waals surface area contributed by atoms with Crippen LogP contribution < -0.4 is 5.32 Å².